The van der Waals surface area contributed by atoms with Crippen molar-refractivity contribution in [3.63, 3.8) is 0 Å². The van der Waals surface area contributed by atoms with Crippen LogP contribution in [0.3, 0.4) is 0 Å². The number of ether oxygens (including phenoxy) is 2. The average Bonchev–Trinajstić information content (AvgIpc) is 3.03. The molecule has 2 N–H and O–H groups in total. The molecule has 1 amide bonds. The minimum absolute atomic E-state index is 0.139. The van der Waals surface area contributed by atoms with Crippen LogP contribution in [-0.2, 0) is 7.05 Å². The number of nitrogens with zero attached hydrogens (tertiary/aromatic N) is 2. The third-order valence-corrected chi connectivity index (χ3v) is 4.04. The number of imidazole rings is 1. The van der Waals surface area contributed by atoms with Gasteiger partial charge in [-0.3, -0.25) is 4.79 Å². The van der Waals surface area contributed by atoms with Crippen LogP contribution in [0, 0.1) is 30.1 Å². The maximum Gasteiger partial charge on any atom is 0.272 e. The number of carbonyl (C=O) groups excluding carboxylic acids is 1. The van der Waals surface area contributed by atoms with Gasteiger partial charge in [0.05, 0.1) is 20.8 Å². The highest BCUT2D eigenvalue weighted by molar-refractivity contribution is 5.97. The van der Waals surface area contributed by atoms with Crippen molar-refractivity contribution in [2.75, 3.05) is 32.6 Å². The molecule has 29 heavy (non-hydrogen) atoms. The van der Waals surface area contributed by atoms with Crippen LogP contribution in [0.2, 0.25) is 0 Å². The fourth-order valence-corrected chi connectivity index (χ4v) is 2.55. The molecule has 7 nitrogen and oxygen atoms in total. The second-order valence-corrected chi connectivity index (χ2v) is 6.67. The van der Waals surface area contributed by atoms with Crippen LogP contribution in [0.4, 0.5) is 5.82 Å². The van der Waals surface area contributed by atoms with Gasteiger partial charge in [-0.1, -0.05) is 25.7 Å². The van der Waals surface area contributed by atoms with E-state index < -0.39 is 0 Å². The van der Waals surface area contributed by atoms with E-state index in [2.05, 4.69) is 47.2 Å². The summed E-state index contributed by atoms with van der Waals surface area (Å²) in [6.45, 7) is 4.97. The van der Waals surface area contributed by atoms with E-state index in [4.69, 9.17) is 15.9 Å². The standard InChI is InChI=1S/C22H26N4O3/c1-7-12-23-22(27)20-21(24-14-15(2)3)25-19(26(20)4)11-9-16-8-10-17(28-5)18(13-16)29-6/h1,8,10,13,15,24H,12,14H2,2-6H3,(H,23,27). The highest BCUT2D eigenvalue weighted by Gasteiger charge is 2.20. The van der Waals surface area contributed by atoms with Gasteiger partial charge < -0.3 is 24.7 Å². The summed E-state index contributed by atoms with van der Waals surface area (Å²) in [6, 6.07) is 5.40. The number of benzene rings is 1. The SMILES string of the molecule is C#CCNC(=O)c1c(NCC(C)C)nc(C#Cc2ccc(OC)c(OC)c2)n1C. The number of anilines is 1. The molecule has 7 heteroatoms. The predicted molar refractivity (Wildman–Crippen MR) is 113 cm³/mol. The van der Waals surface area contributed by atoms with E-state index in [0.29, 0.717) is 41.3 Å². The van der Waals surface area contributed by atoms with Gasteiger partial charge in [-0.25, -0.2) is 4.98 Å². The molecule has 0 atom stereocenters. The van der Waals surface area contributed by atoms with Crippen molar-refractivity contribution in [2.24, 2.45) is 13.0 Å². The first-order valence-corrected chi connectivity index (χ1v) is 9.17. The molecule has 0 aliphatic rings. The first-order chi connectivity index (χ1) is 13.9. The number of terminal acetylenes is 1. The van der Waals surface area contributed by atoms with Gasteiger partial charge in [0, 0.05) is 19.2 Å². The molecule has 0 saturated carbocycles. The molecule has 1 aromatic heterocycles. The predicted octanol–water partition coefficient (Wildman–Crippen LogP) is 2.27. The Bertz CT molecular complexity index is 974. The van der Waals surface area contributed by atoms with E-state index in [-0.39, 0.29) is 12.5 Å². The van der Waals surface area contributed by atoms with Gasteiger partial charge in [-0.15, -0.1) is 6.42 Å². The van der Waals surface area contributed by atoms with Crippen LogP contribution in [-0.4, -0.2) is 42.8 Å². The Morgan fingerprint density at radius 1 is 1.24 bits per heavy atom. The summed E-state index contributed by atoms with van der Waals surface area (Å²) in [5.41, 5.74) is 1.12. The third kappa shape index (κ3) is 5.46. The van der Waals surface area contributed by atoms with E-state index >= 15 is 0 Å². The maximum atomic E-state index is 12.5. The smallest absolute Gasteiger partial charge is 0.272 e. The molecule has 1 aromatic carbocycles. The van der Waals surface area contributed by atoms with Gasteiger partial charge in [0.25, 0.3) is 5.91 Å². The molecule has 0 bridgehead atoms. The fourth-order valence-electron chi connectivity index (χ4n) is 2.55. The van der Waals surface area contributed by atoms with Crippen molar-refractivity contribution in [1.82, 2.24) is 14.9 Å². The van der Waals surface area contributed by atoms with Crippen molar-refractivity contribution in [3.05, 3.63) is 35.3 Å². The Kier molecular flexibility index (Phi) is 7.56. The van der Waals surface area contributed by atoms with Crippen molar-refractivity contribution < 1.29 is 14.3 Å². The normalized spacial score (nSPS) is 9.97. The number of hydrogen-bond donors (Lipinski definition) is 2. The van der Waals surface area contributed by atoms with Crippen LogP contribution >= 0.6 is 0 Å². The van der Waals surface area contributed by atoms with Gasteiger partial charge in [-0.2, -0.15) is 0 Å². The average molecular weight is 394 g/mol. The molecule has 1 heterocycles. The summed E-state index contributed by atoms with van der Waals surface area (Å²) in [7, 11) is 4.90. The Labute approximate surface area is 171 Å². The lowest BCUT2D eigenvalue weighted by molar-refractivity contribution is 0.0951. The van der Waals surface area contributed by atoms with Gasteiger partial charge in [0.1, 0.15) is 0 Å². The molecule has 0 saturated heterocycles. The highest BCUT2D eigenvalue weighted by Crippen LogP contribution is 2.27. The van der Waals surface area contributed by atoms with Crippen LogP contribution in [0.5, 0.6) is 11.5 Å². The Morgan fingerprint density at radius 2 is 1.97 bits per heavy atom. The lowest BCUT2D eigenvalue weighted by Crippen LogP contribution is -2.27. The van der Waals surface area contributed by atoms with E-state index in [0.717, 1.165) is 5.56 Å². The first-order valence-electron chi connectivity index (χ1n) is 9.17. The molecule has 0 spiro atoms. The zero-order valence-corrected chi connectivity index (χ0v) is 17.4. The summed E-state index contributed by atoms with van der Waals surface area (Å²) in [5.74, 6) is 10.7. The van der Waals surface area contributed by atoms with Crippen LogP contribution in [0.15, 0.2) is 18.2 Å². The molecule has 0 radical (unpaired) electrons. The summed E-state index contributed by atoms with van der Waals surface area (Å²) in [5, 5.41) is 5.89. The molecule has 0 fully saturated rings. The number of hydrogen-bond acceptors (Lipinski definition) is 5. The van der Waals surface area contributed by atoms with E-state index in [1.807, 2.05) is 6.07 Å². The second-order valence-electron chi connectivity index (χ2n) is 6.67. The van der Waals surface area contributed by atoms with Gasteiger partial charge in [0.2, 0.25) is 0 Å². The lowest BCUT2D eigenvalue weighted by atomic mass is 10.2. The fraction of sp³-hybridized carbons (Fsp3) is 0.364. The van der Waals surface area contributed by atoms with Crippen molar-refractivity contribution in [2.45, 2.75) is 13.8 Å². The lowest BCUT2D eigenvalue weighted by Gasteiger charge is -2.09. The summed E-state index contributed by atoms with van der Waals surface area (Å²) >= 11 is 0. The number of amides is 1. The molecule has 152 valence electrons. The highest BCUT2D eigenvalue weighted by atomic mass is 16.5. The molecule has 0 aliphatic heterocycles. The summed E-state index contributed by atoms with van der Waals surface area (Å²) in [4.78, 5) is 17.1. The number of carbonyl (C=O) groups is 1. The first kappa shape index (κ1) is 21.7. The zero-order chi connectivity index (χ0) is 21.4. The van der Waals surface area contributed by atoms with Gasteiger partial charge in [0.15, 0.2) is 28.8 Å². The topological polar surface area (TPSA) is 77.4 Å². The minimum Gasteiger partial charge on any atom is -0.493 e. The third-order valence-electron chi connectivity index (χ3n) is 4.04. The molecule has 0 aliphatic carbocycles. The zero-order valence-electron chi connectivity index (χ0n) is 17.4. The number of methoxy groups -OCH3 is 2. The molecular formula is C22H26N4O3. The molecule has 2 aromatic rings. The van der Waals surface area contributed by atoms with E-state index in [9.17, 15) is 4.79 Å². The number of nitrogens with one attached hydrogen (secondary N) is 2. The second kappa shape index (κ2) is 10.1. The largest absolute Gasteiger partial charge is 0.493 e. The van der Waals surface area contributed by atoms with Crippen LogP contribution in [0.1, 0.15) is 35.7 Å². The number of aromatic nitrogens is 2. The van der Waals surface area contributed by atoms with Crippen molar-refractivity contribution in [3.8, 4) is 35.7 Å². The van der Waals surface area contributed by atoms with Gasteiger partial charge >= 0.3 is 0 Å². The van der Waals surface area contributed by atoms with E-state index in [1.54, 1.807) is 38.0 Å². The molecule has 0 unspecified atom stereocenters. The summed E-state index contributed by atoms with van der Waals surface area (Å²) in [6.07, 6.45) is 5.25. The Morgan fingerprint density at radius 3 is 2.59 bits per heavy atom. The number of rotatable bonds is 7. The van der Waals surface area contributed by atoms with Crippen LogP contribution in [0.25, 0.3) is 0 Å². The molecule has 2 rings (SSSR count). The van der Waals surface area contributed by atoms with E-state index in [1.165, 1.54) is 0 Å². The van der Waals surface area contributed by atoms with Crippen molar-refractivity contribution >= 4 is 11.7 Å². The Hall–Kier alpha value is -3.58. The summed E-state index contributed by atoms with van der Waals surface area (Å²) < 4.78 is 12.2. The minimum atomic E-state index is -0.302. The Balaban J connectivity index is 2.40. The quantitative estimate of drug-likeness (QED) is 0.705. The maximum absolute atomic E-state index is 12.5. The van der Waals surface area contributed by atoms with Crippen molar-refractivity contribution in [1.29, 1.82) is 0 Å². The van der Waals surface area contributed by atoms with Crippen LogP contribution < -0.4 is 20.1 Å². The van der Waals surface area contributed by atoms with Gasteiger partial charge in [-0.05, 0) is 30.0 Å². The molecular weight excluding hydrogens is 368 g/mol. The monoisotopic (exact) mass is 394 g/mol.